The molecule has 120 valence electrons. The molecule has 2 aromatic carbocycles. The van der Waals surface area contributed by atoms with E-state index in [1.54, 1.807) is 33.5 Å². The minimum absolute atomic E-state index is 0.506. The largest absolute Gasteiger partial charge is 0.493 e. The summed E-state index contributed by atoms with van der Waals surface area (Å²) in [5, 5.41) is 10.2. The molecule has 23 heavy (non-hydrogen) atoms. The van der Waals surface area contributed by atoms with E-state index in [1.165, 1.54) is 0 Å². The highest BCUT2D eigenvalue weighted by molar-refractivity contribution is 9.10. The van der Waals surface area contributed by atoms with Crippen LogP contribution >= 0.6 is 15.9 Å². The third-order valence-corrected chi connectivity index (χ3v) is 3.94. The lowest BCUT2D eigenvalue weighted by Gasteiger charge is -2.12. The number of methoxy groups -OCH3 is 3. The van der Waals surface area contributed by atoms with Crippen molar-refractivity contribution in [3.05, 3.63) is 52.0 Å². The first kappa shape index (κ1) is 17.2. The first-order valence-electron chi connectivity index (χ1n) is 6.84. The topological polar surface area (TPSA) is 47.9 Å². The van der Waals surface area contributed by atoms with Crippen LogP contribution in [0.5, 0.6) is 17.2 Å². The molecule has 1 atom stereocenters. The smallest absolute Gasteiger partial charge is 0.203 e. The summed E-state index contributed by atoms with van der Waals surface area (Å²) >= 11 is 3.40. The molecular formula is C18H17BrO4. The van der Waals surface area contributed by atoms with Gasteiger partial charge in [-0.15, -0.1) is 0 Å². The van der Waals surface area contributed by atoms with E-state index >= 15 is 0 Å². The lowest BCUT2D eigenvalue weighted by molar-refractivity contribution is 0.237. The molecule has 0 aliphatic carbocycles. The molecule has 2 rings (SSSR count). The normalized spacial score (nSPS) is 11.2. The van der Waals surface area contributed by atoms with Gasteiger partial charge in [0.2, 0.25) is 5.75 Å². The Morgan fingerprint density at radius 2 is 1.61 bits per heavy atom. The van der Waals surface area contributed by atoms with E-state index in [2.05, 4.69) is 27.8 Å². The van der Waals surface area contributed by atoms with Crippen LogP contribution in [0.15, 0.2) is 40.9 Å². The van der Waals surface area contributed by atoms with Crippen molar-refractivity contribution in [1.29, 1.82) is 0 Å². The Labute approximate surface area is 144 Å². The Morgan fingerprint density at radius 3 is 2.13 bits per heavy atom. The SMILES string of the molecule is COc1cc(C#C[C@@H](O)c2ccccc2Br)cc(OC)c1OC. The van der Waals surface area contributed by atoms with Crippen LogP contribution in [-0.4, -0.2) is 26.4 Å². The van der Waals surface area contributed by atoms with Crippen LogP contribution in [0.3, 0.4) is 0 Å². The van der Waals surface area contributed by atoms with Gasteiger partial charge in [-0.25, -0.2) is 0 Å². The molecule has 0 saturated carbocycles. The average Bonchev–Trinajstić information content (AvgIpc) is 2.58. The molecular weight excluding hydrogens is 360 g/mol. The Morgan fingerprint density at radius 1 is 1.00 bits per heavy atom. The van der Waals surface area contributed by atoms with Crippen LogP contribution in [0.1, 0.15) is 17.2 Å². The Balaban J connectivity index is 2.36. The number of aliphatic hydroxyl groups excluding tert-OH is 1. The molecule has 0 unspecified atom stereocenters. The van der Waals surface area contributed by atoms with E-state index in [0.29, 0.717) is 28.4 Å². The summed E-state index contributed by atoms with van der Waals surface area (Å²) in [6, 6.07) is 10.9. The number of halogens is 1. The zero-order chi connectivity index (χ0) is 16.8. The second-order valence-electron chi connectivity index (χ2n) is 4.61. The lowest BCUT2D eigenvalue weighted by atomic mass is 10.1. The van der Waals surface area contributed by atoms with Crippen molar-refractivity contribution in [3.63, 3.8) is 0 Å². The van der Waals surface area contributed by atoms with Crippen LogP contribution < -0.4 is 14.2 Å². The highest BCUT2D eigenvalue weighted by Gasteiger charge is 2.12. The van der Waals surface area contributed by atoms with Crippen molar-refractivity contribution in [2.45, 2.75) is 6.10 Å². The third-order valence-electron chi connectivity index (χ3n) is 3.22. The predicted molar refractivity (Wildman–Crippen MR) is 92.1 cm³/mol. The molecule has 0 amide bonds. The summed E-state index contributed by atoms with van der Waals surface area (Å²) in [6.07, 6.45) is -0.898. The van der Waals surface area contributed by atoms with Gasteiger partial charge in [-0.1, -0.05) is 46.0 Å². The summed E-state index contributed by atoms with van der Waals surface area (Å²) in [7, 11) is 4.64. The molecule has 4 nitrogen and oxygen atoms in total. The van der Waals surface area contributed by atoms with Crippen LogP contribution in [0.4, 0.5) is 0 Å². The van der Waals surface area contributed by atoms with Crippen molar-refractivity contribution >= 4 is 15.9 Å². The molecule has 0 aliphatic heterocycles. The molecule has 0 aromatic heterocycles. The average molecular weight is 377 g/mol. The van der Waals surface area contributed by atoms with Gasteiger partial charge < -0.3 is 19.3 Å². The molecule has 0 aliphatic rings. The van der Waals surface area contributed by atoms with Crippen molar-refractivity contribution < 1.29 is 19.3 Å². The van der Waals surface area contributed by atoms with Gasteiger partial charge >= 0.3 is 0 Å². The summed E-state index contributed by atoms with van der Waals surface area (Å²) < 4.78 is 16.7. The molecule has 0 fully saturated rings. The lowest BCUT2D eigenvalue weighted by Crippen LogP contribution is -1.97. The van der Waals surface area contributed by atoms with Crippen LogP contribution in [0.2, 0.25) is 0 Å². The van der Waals surface area contributed by atoms with Gasteiger partial charge in [0.1, 0.15) is 6.10 Å². The van der Waals surface area contributed by atoms with Crippen LogP contribution in [-0.2, 0) is 0 Å². The van der Waals surface area contributed by atoms with Crippen molar-refractivity contribution in [1.82, 2.24) is 0 Å². The minimum atomic E-state index is -0.898. The Kier molecular flexibility index (Phi) is 5.91. The fraction of sp³-hybridized carbons (Fsp3) is 0.222. The standard InChI is InChI=1S/C18H17BrO4/c1-21-16-10-12(11-17(22-2)18(16)23-3)8-9-15(20)13-6-4-5-7-14(13)19/h4-7,10-11,15,20H,1-3H3/t15-/m1/s1. The quantitative estimate of drug-likeness (QED) is 0.828. The second kappa shape index (κ2) is 7.91. The monoisotopic (exact) mass is 376 g/mol. The van der Waals surface area contributed by atoms with Crippen molar-refractivity contribution in [2.24, 2.45) is 0 Å². The van der Waals surface area contributed by atoms with Gasteiger partial charge in [-0.2, -0.15) is 0 Å². The fourth-order valence-electron chi connectivity index (χ4n) is 2.08. The maximum Gasteiger partial charge on any atom is 0.203 e. The number of benzene rings is 2. The van der Waals surface area contributed by atoms with E-state index in [-0.39, 0.29) is 0 Å². The summed E-state index contributed by atoms with van der Waals surface area (Å²) in [5.74, 6) is 7.30. The van der Waals surface area contributed by atoms with Crippen molar-refractivity contribution in [2.75, 3.05) is 21.3 Å². The number of rotatable bonds is 4. The number of aliphatic hydroxyl groups is 1. The molecule has 5 heteroatoms. The van der Waals surface area contributed by atoms with E-state index in [4.69, 9.17) is 14.2 Å². The number of ether oxygens (including phenoxy) is 3. The molecule has 2 aromatic rings. The van der Waals surface area contributed by atoms with Gasteiger partial charge in [-0.05, 0) is 18.2 Å². The van der Waals surface area contributed by atoms with Gasteiger partial charge in [-0.3, -0.25) is 0 Å². The van der Waals surface area contributed by atoms with Gasteiger partial charge in [0, 0.05) is 15.6 Å². The fourth-order valence-corrected chi connectivity index (χ4v) is 2.58. The molecule has 1 N–H and O–H groups in total. The van der Waals surface area contributed by atoms with Gasteiger partial charge in [0.15, 0.2) is 11.5 Å². The highest BCUT2D eigenvalue weighted by Crippen LogP contribution is 2.38. The van der Waals surface area contributed by atoms with Gasteiger partial charge in [0.05, 0.1) is 21.3 Å². The van der Waals surface area contributed by atoms with E-state index in [9.17, 15) is 5.11 Å². The second-order valence-corrected chi connectivity index (χ2v) is 5.46. The maximum absolute atomic E-state index is 10.2. The maximum atomic E-state index is 10.2. The predicted octanol–water partition coefficient (Wildman–Crippen LogP) is 3.56. The zero-order valence-corrected chi connectivity index (χ0v) is 14.7. The highest BCUT2D eigenvalue weighted by atomic mass is 79.9. The molecule has 0 spiro atoms. The molecule has 0 bridgehead atoms. The van der Waals surface area contributed by atoms with Gasteiger partial charge in [0.25, 0.3) is 0 Å². The Bertz CT molecular complexity index is 721. The number of hydrogen-bond acceptors (Lipinski definition) is 4. The summed E-state index contributed by atoms with van der Waals surface area (Å²) in [5.41, 5.74) is 1.37. The first-order chi connectivity index (χ1) is 11.1. The first-order valence-corrected chi connectivity index (χ1v) is 7.64. The van der Waals surface area contributed by atoms with E-state index in [1.807, 2.05) is 24.3 Å². The van der Waals surface area contributed by atoms with Crippen molar-refractivity contribution in [3.8, 4) is 29.1 Å². The van der Waals surface area contributed by atoms with E-state index < -0.39 is 6.10 Å². The van der Waals surface area contributed by atoms with E-state index in [0.717, 1.165) is 4.47 Å². The molecule has 0 saturated heterocycles. The zero-order valence-electron chi connectivity index (χ0n) is 13.1. The third kappa shape index (κ3) is 3.98. The summed E-state index contributed by atoms with van der Waals surface area (Å²) in [4.78, 5) is 0. The minimum Gasteiger partial charge on any atom is -0.493 e. The number of hydrogen-bond donors (Lipinski definition) is 1. The van der Waals surface area contributed by atoms with Crippen LogP contribution in [0.25, 0.3) is 0 Å². The molecule has 0 radical (unpaired) electrons. The summed E-state index contributed by atoms with van der Waals surface area (Å²) in [6.45, 7) is 0. The molecule has 0 heterocycles. The van der Waals surface area contributed by atoms with Crippen LogP contribution in [0, 0.1) is 11.8 Å². The Hall–Kier alpha value is -2.16.